The van der Waals surface area contributed by atoms with E-state index in [2.05, 4.69) is 22.8 Å². The molecule has 0 aromatic rings. The minimum Gasteiger partial charge on any atom is -0.288 e. The molecule has 0 saturated heterocycles. The van der Waals surface area contributed by atoms with Gasteiger partial charge in [-0.2, -0.15) is 0 Å². The Morgan fingerprint density at radius 3 is 3.50 bits per heavy atom. The van der Waals surface area contributed by atoms with Crippen molar-refractivity contribution in [2.24, 2.45) is 0 Å². The largest absolute Gasteiger partial charge is 0.288 e. The Labute approximate surface area is 61.0 Å². The van der Waals surface area contributed by atoms with Gasteiger partial charge in [0.25, 0.3) is 0 Å². The summed E-state index contributed by atoms with van der Waals surface area (Å²) < 4.78 is 0. The minimum absolute atomic E-state index is 0.492. The highest BCUT2D eigenvalue weighted by atomic mass is 15.1. The van der Waals surface area contributed by atoms with Gasteiger partial charge >= 0.3 is 0 Å². The maximum Gasteiger partial charge on any atom is 0.0891 e. The number of rotatable bonds is 0. The van der Waals surface area contributed by atoms with Crippen LogP contribution in [-0.2, 0) is 0 Å². The van der Waals surface area contributed by atoms with Crippen LogP contribution in [0.1, 0.15) is 12.8 Å². The van der Waals surface area contributed by atoms with E-state index < -0.39 is 0 Å². The molecule has 0 saturated carbocycles. The molecular formula is C8H11N2. The van der Waals surface area contributed by atoms with E-state index in [9.17, 15) is 0 Å². The van der Waals surface area contributed by atoms with Gasteiger partial charge in [0, 0.05) is 12.2 Å². The zero-order chi connectivity index (χ0) is 6.81. The highest BCUT2D eigenvalue weighted by Crippen LogP contribution is 2.18. The molecule has 2 rings (SSSR count). The fourth-order valence-electron chi connectivity index (χ4n) is 1.42. The standard InChI is InChI=1S/C8H11N2/c1-2-4-8-7(3-1)5-9-6-10-8/h2,4-5,8,10H,1,3,6H2. The molecule has 0 aromatic carbocycles. The monoisotopic (exact) mass is 135 g/mol. The molecule has 2 aliphatic rings. The normalized spacial score (nSPS) is 30.4. The van der Waals surface area contributed by atoms with Gasteiger partial charge in [-0.05, 0) is 18.4 Å². The molecule has 53 valence electrons. The molecule has 1 radical (unpaired) electrons. The molecule has 0 aromatic heterocycles. The van der Waals surface area contributed by atoms with Crippen molar-refractivity contribution in [1.29, 1.82) is 0 Å². The Kier molecular flexibility index (Phi) is 1.47. The summed E-state index contributed by atoms with van der Waals surface area (Å²) in [7, 11) is 0. The number of allylic oxidation sites excluding steroid dienone is 1. The third kappa shape index (κ3) is 0.948. The lowest BCUT2D eigenvalue weighted by Gasteiger charge is -2.25. The van der Waals surface area contributed by atoms with E-state index >= 15 is 0 Å². The number of nitrogens with zero attached hydrogens (tertiary/aromatic N) is 1. The summed E-state index contributed by atoms with van der Waals surface area (Å²) in [5.74, 6) is 0. The van der Waals surface area contributed by atoms with Gasteiger partial charge in [0.05, 0.1) is 6.67 Å². The molecule has 1 aliphatic carbocycles. The van der Waals surface area contributed by atoms with Gasteiger partial charge in [0.1, 0.15) is 0 Å². The first-order chi connectivity index (χ1) is 4.97. The molecule has 0 fully saturated rings. The molecule has 0 spiro atoms. The molecule has 0 amide bonds. The first kappa shape index (κ1) is 5.98. The minimum atomic E-state index is 0.492. The number of hydrogen-bond acceptors (Lipinski definition) is 1. The van der Waals surface area contributed by atoms with Crippen LogP contribution in [0, 0.1) is 0 Å². The molecule has 0 bridgehead atoms. The predicted molar refractivity (Wildman–Crippen MR) is 40.4 cm³/mol. The molecule has 1 N–H and O–H groups in total. The smallest absolute Gasteiger partial charge is 0.0891 e. The van der Waals surface area contributed by atoms with Crippen LogP contribution in [0.25, 0.3) is 0 Å². The summed E-state index contributed by atoms with van der Waals surface area (Å²) in [4.78, 5) is 0. The van der Waals surface area contributed by atoms with Gasteiger partial charge in [-0.1, -0.05) is 12.2 Å². The molecule has 2 heteroatoms. The van der Waals surface area contributed by atoms with E-state index in [4.69, 9.17) is 0 Å². The highest BCUT2D eigenvalue weighted by molar-refractivity contribution is 5.23. The van der Waals surface area contributed by atoms with Crippen LogP contribution in [0.2, 0.25) is 0 Å². The summed E-state index contributed by atoms with van der Waals surface area (Å²) in [6.45, 7) is 0.776. The van der Waals surface area contributed by atoms with Gasteiger partial charge in [-0.3, -0.25) is 10.6 Å². The topological polar surface area (TPSA) is 26.1 Å². The van der Waals surface area contributed by atoms with Crippen molar-refractivity contribution in [1.82, 2.24) is 10.6 Å². The Balaban J connectivity index is 2.20. The fraction of sp³-hybridized carbons (Fsp3) is 0.500. The average Bonchev–Trinajstić information content (AvgIpc) is 2.05. The first-order valence-electron chi connectivity index (χ1n) is 3.72. The van der Waals surface area contributed by atoms with Crippen LogP contribution in [0.4, 0.5) is 0 Å². The molecule has 1 aliphatic heterocycles. The van der Waals surface area contributed by atoms with Gasteiger partial charge < -0.3 is 0 Å². The Morgan fingerprint density at radius 2 is 2.60 bits per heavy atom. The second kappa shape index (κ2) is 2.46. The molecule has 1 unspecified atom stereocenters. The second-order valence-corrected chi connectivity index (χ2v) is 2.69. The average molecular weight is 135 g/mol. The van der Waals surface area contributed by atoms with Gasteiger partial charge in [0.15, 0.2) is 0 Å². The lowest BCUT2D eigenvalue weighted by Crippen LogP contribution is -2.38. The van der Waals surface area contributed by atoms with Crippen LogP contribution in [0.5, 0.6) is 0 Å². The van der Waals surface area contributed by atoms with Crippen LogP contribution in [-0.4, -0.2) is 12.7 Å². The highest BCUT2D eigenvalue weighted by Gasteiger charge is 2.16. The quantitative estimate of drug-likeness (QED) is 0.487. The van der Waals surface area contributed by atoms with E-state index in [1.54, 1.807) is 0 Å². The molecule has 1 atom stereocenters. The van der Waals surface area contributed by atoms with Crippen molar-refractivity contribution in [2.75, 3.05) is 6.67 Å². The van der Waals surface area contributed by atoms with Crippen molar-refractivity contribution < 1.29 is 0 Å². The van der Waals surface area contributed by atoms with E-state index in [-0.39, 0.29) is 0 Å². The molecule has 1 heterocycles. The Morgan fingerprint density at radius 1 is 1.60 bits per heavy atom. The van der Waals surface area contributed by atoms with Crippen molar-refractivity contribution in [3.05, 3.63) is 23.9 Å². The van der Waals surface area contributed by atoms with Crippen LogP contribution < -0.4 is 10.6 Å². The van der Waals surface area contributed by atoms with E-state index in [1.807, 2.05) is 6.20 Å². The Hall–Kier alpha value is -0.760. The molecular weight excluding hydrogens is 124 g/mol. The zero-order valence-corrected chi connectivity index (χ0v) is 5.88. The van der Waals surface area contributed by atoms with Crippen LogP contribution in [0.3, 0.4) is 0 Å². The van der Waals surface area contributed by atoms with E-state index in [0.29, 0.717) is 6.04 Å². The van der Waals surface area contributed by atoms with Gasteiger partial charge in [-0.15, -0.1) is 0 Å². The van der Waals surface area contributed by atoms with Crippen molar-refractivity contribution in [3.63, 3.8) is 0 Å². The van der Waals surface area contributed by atoms with E-state index in [1.165, 1.54) is 18.4 Å². The lowest BCUT2D eigenvalue weighted by molar-refractivity contribution is 0.549. The van der Waals surface area contributed by atoms with Crippen molar-refractivity contribution >= 4 is 0 Å². The fourth-order valence-corrected chi connectivity index (χ4v) is 1.42. The molecule has 2 nitrogen and oxygen atoms in total. The maximum absolute atomic E-state index is 4.15. The second-order valence-electron chi connectivity index (χ2n) is 2.69. The summed E-state index contributed by atoms with van der Waals surface area (Å²) in [5, 5.41) is 7.45. The zero-order valence-electron chi connectivity index (χ0n) is 5.88. The van der Waals surface area contributed by atoms with Crippen molar-refractivity contribution in [3.8, 4) is 0 Å². The number of nitrogens with one attached hydrogen (secondary N) is 1. The SMILES string of the molecule is C1=CC2NC[N]C=C2CC1. The summed E-state index contributed by atoms with van der Waals surface area (Å²) >= 11 is 0. The predicted octanol–water partition coefficient (Wildman–Crippen LogP) is 0.754. The molecule has 10 heavy (non-hydrogen) atoms. The first-order valence-corrected chi connectivity index (χ1v) is 3.72. The summed E-state index contributed by atoms with van der Waals surface area (Å²) in [6, 6.07) is 0.492. The lowest BCUT2D eigenvalue weighted by atomic mass is 9.96. The van der Waals surface area contributed by atoms with Crippen LogP contribution >= 0.6 is 0 Å². The van der Waals surface area contributed by atoms with Crippen LogP contribution in [0.15, 0.2) is 23.9 Å². The summed E-state index contributed by atoms with van der Waals surface area (Å²) in [6.07, 6.45) is 8.84. The number of fused-ring (bicyclic) bond motifs is 1. The maximum atomic E-state index is 4.15. The van der Waals surface area contributed by atoms with Crippen molar-refractivity contribution in [2.45, 2.75) is 18.9 Å². The number of hydrogen-bond donors (Lipinski definition) is 1. The summed E-state index contributed by atoms with van der Waals surface area (Å²) in [5.41, 5.74) is 1.44. The van der Waals surface area contributed by atoms with E-state index in [0.717, 1.165) is 6.67 Å². The third-order valence-corrected chi connectivity index (χ3v) is 1.99. The van der Waals surface area contributed by atoms with Gasteiger partial charge in [-0.25, -0.2) is 0 Å². The van der Waals surface area contributed by atoms with Gasteiger partial charge in [0.2, 0.25) is 0 Å². The Bertz CT molecular complexity index is 182. The third-order valence-electron chi connectivity index (χ3n) is 1.99.